The Hall–Kier alpha value is -1.80. The van der Waals surface area contributed by atoms with Crippen molar-refractivity contribution in [1.29, 1.82) is 0 Å². The van der Waals surface area contributed by atoms with E-state index in [4.69, 9.17) is 4.74 Å². The summed E-state index contributed by atoms with van der Waals surface area (Å²) in [6, 6.07) is 19.1. The predicted molar refractivity (Wildman–Crippen MR) is 122 cm³/mol. The summed E-state index contributed by atoms with van der Waals surface area (Å²) in [7, 11) is 2.69. The van der Waals surface area contributed by atoms with Crippen LogP contribution in [0.3, 0.4) is 0 Å². The van der Waals surface area contributed by atoms with Gasteiger partial charge in [0.15, 0.2) is 0 Å². The number of hydrogen-bond acceptors (Lipinski definition) is 1. The maximum Gasteiger partial charge on any atom is 0.119 e. The molecule has 0 heterocycles. The van der Waals surface area contributed by atoms with Crippen molar-refractivity contribution in [1.82, 2.24) is 0 Å². The Morgan fingerprint density at radius 3 is 2.76 bits per heavy atom. The molecule has 2 aromatic carbocycles. The zero-order valence-corrected chi connectivity index (χ0v) is 18.8. The van der Waals surface area contributed by atoms with Gasteiger partial charge in [0.1, 0.15) is 5.75 Å². The predicted octanol–water partition coefficient (Wildman–Crippen LogP) is 5.93. The number of fused-ring (bicyclic) bond motifs is 5. The highest BCUT2D eigenvalue weighted by Crippen LogP contribution is 2.62. The molecule has 2 saturated carbocycles. The van der Waals surface area contributed by atoms with Gasteiger partial charge in [-0.05, 0) is 91.0 Å². The van der Waals surface area contributed by atoms with Gasteiger partial charge in [-0.3, -0.25) is 0 Å². The van der Waals surface area contributed by atoms with E-state index in [1.807, 2.05) is 0 Å². The van der Waals surface area contributed by atoms with Gasteiger partial charge >= 0.3 is 0 Å². The molecule has 4 atom stereocenters. The standard InChI is InChI=1S/C27H32OSi/c1-27-16-14-24-23-12-10-21(28-2)18-19(23)8-11-25(24)26(27)13-9-20(27)15-17-29-22-6-4-3-5-7-22/h3-7,10,12,15,18,24-26H,8-9,11,13-14,16-17H2,1-2H3/b20-15-/t24-,25-,26+,27-/m1/s1. The van der Waals surface area contributed by atoms with E-state index in [1.165, 1.54) is 49.8 Å². The molecule has 0 bridgehead atoms. The molecule has 2 heteroatoms. The van der Waals surface area contributed by atoms with Crippen molar-refractivity contribution in [2.75, 3.05) is 7.11 Å². The molecule has 0 aromatic heterocycles. The lowest BCUT2D eigenvalue weighted by Gasteiger charge is -2.49. The van der Waals surface area contributed by atoms with Crippen molar-refractivity contribution in [3.05, 3.63) is 71.3 Å². The van der Waals surface area contributed by atoms with Crippen LogP contribution < -0.4 is 9.92 Å². The Morgan fingerprint density at radius 1 is 1.07 bits per heavy atom. The largest absolute Gasteiger partial charge is 0.497 e. The van der Waals surface area contributed by atoms with E-state index in [1.54, 1.807) is 23.8 Å². The van der Waals surface area contributed by atoms with E-state index in [0.717, 1.165) is 33.0 Å². The number of benzene rings is 2. The van der Waals surface area contributed by atoms with Crippen LogP contribution in [0.4, 0.5) is 0 Å². The van der Waals surface area contributed by atoms with E-state index < -0.39 is 0 Å². The summed E-state index contributed by atoms with van der Waals surface area (Å²) in [4.78, 5) is 0. The van der Waals surface area contributed by atoms with E-state index in [9.17, 15) is 0 Å². The van der Waals surface area contributed by atoms with Crippen LogP contribution in [0.2, 0.25) is 6.04 Å². The number of aryl methyl sites for hydroxylation is 1. The minimum Gasteiger partial charge on any atom is -0.497 e. The van der Waals surface area contributed by atoms with Crippen molar-refractivity contribution in [3.63, 3.8) is 0 Å². The third-order valence-corrected chi connectivity index (χ3v) is 9.36. The summed E-state index contributed by atoms with van der Waals surface area (Å²) in [5.74, 6) is 3.54. The Bertz CT molecular complexity index is 902. The van der Waals surface area contributed by atoms with Crippen LogP contribution in [0.15, 0.2) is 60.2 Å². The smallest absolute Gasteiger partial charge is 0.119 e. The topological polar surface area (TPSA) is 9.23 Å². The van der Waals surface area contributed by atoms with Crippen molar-refractivity contribution < 1.29 is 4.74 Å². The van der Waals surface area contributed by atoms with E-state index in [0.29, 0.717) is 5.41 Å². The van der Waals surface area contributed by atoms with Gasteiger partial charge in [0.25, 0.3) is 0 Å². The Balaban J connectivity index is 1.33. The number of methoxy groups -OCH3 is 1. The van der Waals surface area contributed by atoms with Gasteiger partial charge in [-0.15, -0.1) is 0 Å². The van der Waals surface area contributed by atoms with Crippen LogP contribution in [0.5, 0.6) is 5.75 Å². The summed E-state index contributed by atoms with van der Waals surface area (Å²) < 4.78 is 5.48. The summed E-state index contributed by atoms with van der Waals surface area (Å²) in [6.07, 6.45) is 10.7. The third-order valence-electron chi connectivity index (χ3n) is 8.21. The highest BCUT2D eigenvalue weighted by Gasteiger charge is 2.52. The molecule has 2 aromatic rings. The average molecular weight is 401 g/mol. The Kier molecular flexibility index (Phi) is 5.15. The average Bonchev–Trinajstić information content (AvgIpc) is 3.10. The van der Waals surface area contributed by atoms with Crippen LogP contribution in [0.25, 0.3) is 0 Å². The van der Waals surface area contributed by atoms with E-state index in [-0.39, 0.29) is 0 Å². The number of hydrogen-bond donors (Lipinski definition) is 0. The van der Waals surface area contributed by atoms with Crippen LogP contribution in [0, 0.1) is 17.3 Å². The highest BCUT2D eigenvalue weighted by molar-refractivity contribution is 6.53. The number of ether oxygens (including phenoxy) is 1. The second kappa shape index (κ2) is 7.79. The van der Waals surface area contributed by atoms with Gasteiger partial charge in [0, 0.05) is 0 Å². The monoisotopic (exact) mass is 400 g/mol. The minimum absolute atomic E-state index is 0.451. The summed E-state index contributed by atoms with van der Waals surface area (Å²) in [6.45, 7) is 2.60. The molecule has 2 radical (unpaired) electrons. The van der Waals surface area contributed by atoms with Crippen LogP contribution in [-0.4, -0.2) is 16.6 Å². The van der Waals surface area contributed by atoms with Gasteiger partial charge in [-0.25, -0.2) is 0 Å². The molecule has 0 unspecified atom stereocenters. The van der Waals surface area contributed by atoms with Gasteiger partial charge in [0.2, 0.25) is 0 Å². The molecule has 0 amide bonds. The second-order valence-electron chi connectivity index (χ2n) is 9.45. The van der Waals surface area contributed by atoms with Gasteiger partial charge in [-0.1, -0.05) is 60.2 Å². The maximum atomic E-state index is 5.48. The Morgan fingerprint density at radius 2 is 1.93 bits per heavy atom. The molecule has 0 spiro atoms. The third kappa shape index (κ3) is 3.40. The van der Waals surface area contributed by atoms with Gasteiger partial charge in [0.05, 0.1) is 16.6 Å². The minimum atomic E-state index is 0.451. The molecular weight excluding hydrogens is 368 g/mol. The zero-order chi connectivity index (χ0) is 19.8. The Labute approximate surface area is 178 Å². The first kappa shape index (κ1) is 19.2. The van der Waals surface area contributed by atoms with Crippen LogP contribution in [-0.2, 0) is 6.42 Å². The summed E-state index contributed by atoms with van der Waals surface area (Å²) in [5, 5.41) is 1.49. The second-order valence-corrected chi connectivity index (χ2v) is 10.8. The zero-order valence-electron chi connectivity index (χ0n) is 17.8. The fraction of sp³-hybridized carbons (Fsp3) is 0.481. The maximum absolute atomic E-state index is 5.48. The first-order chi connectivity index (χ1) is 14.2. The first-order valence-electron chi connectivity index (χ1n) is 11.3. The van der Waals surface area contributed by atoms with Crippen molar-refractivity contribution in [2.24, 2.45) is 17.3 Å². The SMILES string of the molecule is COc1ccc2c(c1)CC[C@@H]1[C@@H]2CC[C@]2(C)/C(=C\C[Si]c3ccccc3)CC[C@@H]12. The van der Waals surface area contributed by atoms with E-state index >= 15 is 0 Å². The molecule has 150 valence electrons. The fourth-order valence-corrected chi connectivity index (χ4v) is 7.73. The molecule has 29 heavy (non-hydrogen) atoms. The normalized spacial score (nSPS) is 31.8. The van der Waals surface area contributed by atoms with Crippen molar-refractivity contribution in [2.45, 2.75) is 57.4 Å². The molecule has 5 rings (SSSR count). The molecule has 1 nitrogen and oxygen atoms in total. The number of rotatable bonds is 4. The molecule has 0 aliphatic heterocycles. The highest BCUT2D eigenvalue weighted by atomic mass is 28.2. The van der Waals surface area contributed by atoms with Crippen LogP contribution in [0.1, 0.15) is 56.1 Å². The molecule has 3 aliphatic rings. The molecule has 2 fully saturated rings. The molecule has 0 saturated heterocycles. The fourth-order valence-electron chi connectivity index (χ4n) is 6.72. The van der Waals surface area contributed by atoms with Gasteiger partial charge < -0.3 is 4.74 Å². The van der Waals surface area contributed by atoms with Crippen molar-refractivity contribution in [3.8, 4) is 5.75 Å². The molecule has 0 N–H and O–H groups in total. The van der Waals surface area contributed by atoms with Gasteiger partial charge in [-0.2, -0.15) is 0 Å². The van der Waals surface area contributed by atoms with Crippen molar-refractivity contribution >= 4 is 14.7 Å². The lowest BCUT2D eigenvalue weighted by atomic mass is 9.55. The van der Waals surface area contributed by atoms with Crippen LogP contribution >= 0.6 is 0 Å². The molecule has 3 aliphatic carbocycles. The quantitative estimate of drug-likeness (QED) is 0.457. The van der Waals surface area contributed by atoms with E-state index in [2.05, 4.69) is 61.5 Å². The number of allylic oxidation sites excluding steroid dienone is 2. The lowest BCUT2D eigenvalue weighted by molar-refractivity contribution is 0.0813. The first-order valence-corrected chi connectivity index (χ1v) is 12.5. The molecular formula is C27H32OSi. The lowest BCUT2D eigenvalue weighted by Crippen LogP contribution is -2.40. The summed E-state index contributed by atoms with van der Waals surface area (Å²) >= 11 is 0. The summed E-state index contributed by atoms with van der Waals surface area (Å²) in [5.41, 5.74) is 5.41.